The lowest BCUT2D eigenvalue weighted by Gasteiger charge is -2.15. The lowest BCUT2D eigenvalue weighted by Crippen LogP contribution is -2.47. The molecule has 0 aromatic carbocycles. The number of nitrogens with two attached hydrogens (primary N) is 1. The third-order valence-electron chi connectivity index (χ3n) is 2.58. The Morgan fingerprint density at radius 1 is 1.40 bits per heavy atom. The molecule has 5 nitrogen and oxygen atoms in total. The quantitative estimate of drug-likeness (QED) is 0.697. The van der Waals surface area contributed by atoms with Gasteiger partial charge in [0.15, 0.2) is 0 Å². The van der Waals surface area contributed by atoms with Gasteiger partial charge in [0.1, 0.15) is 0 Å². The number of amides is 2. The second-order valence-corrected chi connectivity index (χ2v) is 6.31. The van der Waals surface area contributed by atoms with Crippen molar-refractivity contribution in [1.29, 1.82) is 0 Å². The van der Waals surface area contributed by atoms with Crippen molar-refractivity contribution in [2.45, 2.75) is 26.4 Å². The van der Waals surface area contributed by atoms with E-state index in [0.29, 0.717) is 6.54 Å². The van der Waals surface area contributed by atoms with Crippen LogP contribution in [0.4, 0.5) is 0 Å². The minimum atomic E-state index is -0.584. The van der Waals surface area contributed by atoms with Gasteiger partial charge in [0.25, 0.3) is 0 Å². The van der Waals surface area contributed by atoms with Crippen molar-refractivity contribution >= 4 is 51.5 Å². The number of nitrogens with one attached hydrogen (secondary N) is 2. The maximum Gasteiger partial charge on any atom is 0.239 e. The Kier molecular flexibility index (Phi) is 9.04. The van der Waals surface area contributed by atoms with E-state index >= 15 is 0 Å². The number of hydrogen-bond donors (Lipinski definition) is 3. The number of thiophene rings is 1. The van der Waals surface area contributed by atoms with E-state index in [0.717, 1.165) is 9.35 Å². The molecule has 0 spiro atoms. The van der Waals surface area contributed by atoms with Crippen LogP contribution in [0.5, 0.6) is 0 Å². The summed E-state index contributed by atoms with van der Waals surface area (Å²) in [5.41, 5.74) is 5.67. The van der Waals surface area contributed by atoms with Gasteiger partial charge in [-0.05, 0) is 33.3 Å². The molecule has 0 aliphatic rings. The van der Waals surface area contributed by atoms with E-state index in [4.69, 9.17) is 5.73 Å². The highest BCUT2D eigenvalue weighted by molar-refractivity contribution is 9.10. The van der Waals surface area contributed by atoms with E-state index in [1.807, 2.05) is 25.3 Å². The van der Waals surface area contributed by atoms with Crippen molar-refractivity contribution in [3.8, 4) is 0 Å². The number of rotatable bonds is 6. The smallest absolute Gasteiger partial charge is 0.239 e. The highest BCUT2D eigenvalue weighted by atomic mass is 79.9. The third kappa shape index (κ3) is 6.21. The van der Waals surface area contributed by atoms with Gasteiger partial charge in [-0.15, -0.1) is 23.7 Å². The van der Waals surface area contributed by atoms with Gasteiger partial charge in [0, 0.05) is 9.35 Å². The van der Waals surface area contributed by atoms with Gasteiger partial charge in [-0.1, -0.05) is 13.8 Å². The summed E-state index contributed by atoms with van der Waals surface area (Å²) in [6.45, 7) is 4.11. The van der Waals surface area contributed by atoms with E-state index < -0.39 is 6.04 Å². The Balaban J connectivity index is 0.00000361. The zero-order chi connectivity index (χ0) is 14.4. The van der Waals surface area contributed by atoms with Crippen LogP contribution in [0.2, 0.25) is 0 Å². The van der Waals surface area contributed by atoms with Gasteiger partial charge in [0.2, 0.25) is 11.8 Å². The van der Waals surface area contributed by atoms with Gasteiger partial charge in [-0.3, -0.25) is 9.59 Å². The molecule has 0 unspecified atom stereocenters. The average molecular weight is 385 g/mol. The van der Waals surface area contributed by atoms with Crippen LogP contribution in [0.25, 0.3) is 0 Å². The van der Waals surface area contributed by atoms with Crippen molar-refractivity contribution < 1.29 is 9.59 Å². The second-order valence-electron chi connectivity index (χ2n) is 4.46. The Labute approximate surface area is 137 Å². The highest BCUT2D eigenvalue weighted by Gasteiger charge is 2.17. The maximum atomic E-state index is 11.6. The molecular weight excluding hydrogens is 366 g/mol. The highest BCUT2D eigenvalue weighted by Crippen LogP contribution is 2.21. The predicted molar refractivity (Wildman–Crippen MR) is 86.9 cm³/mol. The van der Waals surface area contributed by atoms with E-state index in [2.05, 4.69) is 26.6 Å². The first-order valence-corrected chi connectivity index (χ1v) is 7.61. The van der Waals surface area contributed by atoms with Gasteiger partial charge in [-0.2, -0.15) is 0 Å². The van der Waals surface area contributed by atoms with Gasteiger partial charge in [-0.25, -0.2) is 0 Å². The number of carbonyl (C=O) groups is 2. The molecule has 0 bridgehead atoms. The van der Waals surface area contributed by atoms with Crippen molar-refractivity contribution in [2.24, 2.45) is 11.7 Å². The summed E-state index contributed by atoms with van der Waals surface area (Å²) in [7, 11) is 0. The van der Waals surface area contributed by atoms with E-state index in [1.54, 1.807) is 11.3 Å². The summed E-state index contributed by atoms with van der Waals surface area (Å²) in [6, 6.07) is 1.34. The standard InChI is InChI=1S/C12H18BrN3O2S.ClH/c1-7(2)11(14)12(18)16-6-10(17)15-5-9-8(13)3-4-19-9;/h3-4,7,11H,5-6,14H2,1-2H3,(H,15,17)(H,16,18);1H/t11-;/m0./s1. The number of carbonyl (C=O) groups excluding carboxylic acids is 2. The number of halogens is 2. The minimum absolute atomic E-state index is 0. The lowest BCUT2D eigenvalue weighted by atomic mass is 10.1. The summed E-state index contributed by atoms with van der Waals surface area (Å²) in [4.78, 5) is 24.2. The van der Waals surface area contributed by atoms with Crippen molar-refractivity contribution in [1.82, 2.24) is 10.6 Å². The van der Waals surface area contributed by atoms with Gasteiger partial charge in [0.05, 0.1) is 19.1 Å². The molecule has 0 aliphatic carbocycles. The molecule has 1 atom stereocenters. The molecule has 20 heavy (non-hydrogen) atoms. The Bertz CT molecular complexity index is 454. The molecule has 1 rings (SSSR count). The molecule has 1 aromatic heterocycles. The van der Waals surface area contributed by atoms with Crippen molar-refractivity contribution in [3.05, 3.63) is 20.8 Å². The number of hydrogen-bond acceptors (Lipinski definition) is 4. The molecule has 2 amide bonds. The van der Waals surface area contributed by atoms with Crippen LogP contribution < -0.4 is 16.4 Å². The monoisotopic (exact) mass is 383 g/mol. The van der Waals surface area contributed by atoms with E-state index in [9.17, 15) is 9.59 Å². The first-order valence-electron chi connectivity index (χ1n) is 5.93. The Morgan fingerprint density at radius 3 is 2.55 bits per heavy atom. The van der Waals surface area contributed by atoms with Crippen molar-refractivity contribution in [3.63, 3.8) is 0 Å². The van der Waals surface area contributed by atoms with Gasteiger partial charge < -0.3 is 16.4 Å². The fourth-order valence-electron chi connectivity index (χ4n) is 1.28. The predicted octanol–water partition coefficient (Wildman–Crippen LogP) is 1.65. The summed E-state index contributed by atoms with van der Waals surface area (Å²) in [6.07, 6.45) is 0. The largest absolute Gasteiger partial charge is 0.350 e. The summed E-state index contributed by atoms with van der Waals surface area (Å²) in [5, 5.41) is 7.20. The zero-order valence-corrected chi connectivity index (χ0v) is 14.5. The van der Waals surface area contributed by atoms with E-state index in [1.165, 1.54) is 0 Å². The SMILES string of the molecule is CC(C)[C@H](N)C(=O)NCC(=O)NCc1sccc1Br.Cl. The molecule has 1 aromatic rings. The molecule has 4 N–H and O–H groups in total. The van der Waals surface area contributed by atoms with Crippen LogP contribution in [-0.4, -0.2) is 24.4 Å². The van der Waals surface area contributed by atoms with Crippen LogP contribution in [-0.2, 0) is 16.1 Å². The van der Waals surface area contributed by atoms with E-state index in [-0.39, 0.29) is 36.7 Å². The fourth-order valence-corrected chi connectivity index (χ4v) is 2.71. The molecule has 8 heteroatoms. The summed E-state index contributed by atoms with van der Waals surface area (Å²) < 4.78 is 0.976. The maximum absolute atomic E-state index is 11.6. The molecule has 1 heterocycles. The molecule has 0 aliphatic heterocycles. The van der Waals surface area contributed by atoms with Gasteiger partial charge >= 0.3 is 0 Å². The second kappa shape index (κ2) is 9.33. The molecule has 0 fully saturated rings. The van der Waals surface area contributed by atoms with Crippen LogP contribution >= 0.6 is 39.7 Å². The average Bonchev–Trinajstić information content (AvgIpc) is 2.77. The van der Waals surface area contributed by atoms with Crippen LogP contribution in [0.1, 0.15) is 18.7 Å². The summed E-state index contributed by atoms with van der Waals surface area (Å²) >= 11 is 4.94. The van der Waals surface area contributed by atoms with Crippen LogP contribution in [0.3, 0.4) is 0 Å². The Morgan fingerprint density at radius 2 is 2.05 bits per heavy atom. The van der Waals surface area contributed by atoms with Crippen molar-refractivity contribution in [2.75, 3.05) is 6.54 Å². The molecule has 0 radical (unpaired) electrons. The molecule has 114 valence electrons. The zero-order valence-electron chi connectivity index (χ0n) is 11.3. The summed E-state index contributed by atoms with van der Waals surface area (Å²) in [5.74, 6) is -0.489. The first-order chi connectivity index (χ1) is 8.91. The fraction of sp³-hybridized carbons (Fsp3) is 0.500. The Hall–Kier alpha value is -0.630. The lowest BCUT2D eigenvalue weighted by molar-refractivity contribution is -0.127. The molecular formula is C12H19BrClN3O2S. The minimum Gasteiger partial charge on any atom is -0.350 e. The molecule has 0 saturated heterocycles. The topological polar surface area (TPSA) is 84.2 Å². The third-order valence-corrected chi connectivity index (χ3v) is 4.51. The first kappa shape index (κ1) is 19.4. The van der Waals surface area contributed by atoms with Crippen LogP contribution in [0.15, 0.2) is 15.9 Å². The van der Waals surface area contributed by atoms with Crippen LogP contribution in [0, 0.1) is 5.92 Å². The molecule has 0 saturated carbocycles. The normalized spacial score (nSPS) is 11.7.